The van der Waals surface area contributed by atoms with E-state index < -0.39 is 0 Å². The Kier molecular flexibility index (Phi) is 2.16. The lowest BCUT2D eigenvalue weighted by atomic mass is 10.1. The van der Waals surface area contributed by atoms with Crippen LogP contribution in [0.5, 0.6) is 0 Å². The van der Waals surface area contributed by atoms with Crippen molar-refractivity contribution in [2.45, 2.75) is 13.8 Å². The van der Waals surface area contributed by atoms with Gasteiger partial charge in [-0.1, -0.05) is 23.7 Å². The summed E-state index contributed by atoms with van der Waals surface area (Å²) >= 11 is 5.83. The molecule has 2 aromatic rings. The van der Waals surface area contributed by atoms with Crippen molar-refractivity contribution in [3.63, 3.8) is 0 Å². The summed E-state index contributed by atoms with van der Waals surface area (Å²) in [6.07, 6.45) is 0. The molecule has 72 valence electrons. The Labute approximate surface area is 86.5 Å². The second-order valence-corrected chi connectivity index (χ2v) is 3.72. The van der Waals surface area contributed by atoms with Crippen LogP contribution in [0, 0.1) is 19.7 Å². The Hall–Kier alpha value is -1.15. The van der Waals surface area contributed by atoms with E-state index in [1.165, 1.54) is 0 Å². The van der Waals surface area contributed by atoms with Gasteiger partial charge in [0, 0.05) is 5.39 Å². The van der Waals surface area contributed by atoms with Gasteiger partial charge < -0.3 is 0 Å². The second-order valence-electron chi connectivity index (χ2n) is 3.36. The number of aromatic nitrogens is 1. The van der Waals surface area contributed by atoms with Gasteiger partial charge in [-0.05, 0) is 31.0 Å². The van der Waals surface area contributed by atoms with E-state index in [4.69, 9.17) is 11.6 Å². The van der Waals surface area contributed by atoms with Crippen LogP contribution in [0.25, 0.3) is 10.9 Å². The standard InChI is InChI=1S/C11H9ClFN/c1-6-3-4-8-5-7(2)11(12)14-10(8)9(6)13/h3-5H,1-2H3. The molecule has 3 heteroatoms. The SMILES string of the molecule is Cc1cc2ccc(C)c(F)c2nc1Cl. The Balaban J connectivity index is 2.89. The van der Waals surface area contributed by atoms with Gasteiger partial charge in [-0.15, -0.1) is 0 Å². The highest BCUT2D eigenvalue weighted by molar-refractivity contribution is 6.30. The summed E-state index contributed by atoms with van der Waals surface area (Å²) in [6, 6.07) is 5.43. The van der Waals surface area contributed by atoms with E-state index in [-0.39, 0.29) is 5.82 Å². The molecule has 0 saturated heterocycles. The van der Waals surface area contributed by atoms with E-state index in [9.17, 15) is 4.39 Å². The molecule has 1 aromatic carbocycles. The van der Waals surface area contributed by atoms with Crippen LogP contribution in [0.4, 0.5) is 4.39 Å². The summed E-state index contributed by atoms with van der Waals surface area (Å²) in [5.41, 5.74) is 1.80. The van der Waals surface area contributed by atoms with Gasteiger partial charge in [0.2, 0.25) is 0 Å². The van der Waals surface area contributed by atoms with Crippen LogP contribution in [0.2, 0.25) is 5.15 Å². The zero-order chi connectivity index (χ0) is 10.3. The van der Waals surface area contributed by atoms with Crippen molar-refractivity contribution < 1.29 is 4.39 Å². The molecule has 0 aliphatic heterocycles. The molecule has 0 aliphatic carbocycles. The van der Waals surface area contributed by atoms with Crippen molar-refractivity contribution in [3.05, 3.63) is 40.3 Å². The van der Waals surface area contributed by atoms with Gasteiger partial charge in [-0.3, -0.25) is 0 Å². The van der Waals surface area contributed by atoms with Crippen molar-refractivity contribution in [1.29, 1.82) is 0 Å². The van der Waals surface area contributed by atoms with Crippen LogP contribution in [0.3, 0.4) is 0 Å². The Morgan fingerprint density at radius 3 is 2.64 bits per heavy atom. The Morgan fingerprint density at radius 2 is 1.93 bits per heavy atom. The van der Waals surface area contributed by atoms with E-state index in [0.717, 1.165) is 10.9 Å². The average Bonchev–Trinajstić information content (AvgIpc) is 2.15. The van der Waals surface area contributed by atoms with Crippen LogP contribution in [0.1, 0.15) is 11.1 Å². The van der Waals surface area contributed by atoms with Crippen LogP contribution < -0.4 is 0 Å². The maximum atomic E-state index is 13.6. The molecule has 0 spiro atoms. The molecule has 0 unspecified atom stereocenters. The van der Waals surface area contributed by atoms with Crippen molar-refractivity contribution >= 4 is 22.5 Å². The molecule has 0 amide bonds. The van der Waals surface area contributed by atoms with E-state index in [0.29, 0.717) is 16.2 Å². The summed E-state index contributed by atoms with van der Waals surface area (Å²) in [5.74, 6) is -0.288. The van der Waals surface area contributed by atoms with E-state index in [2.05, 4.69) is 4.98 Å². The first-order valence-electron chi connectivity index (χ1n) is 4.31. The number of hydrogen-bond acceptors (Lipinski definition) is 1. The summed E-state index contributed by atoms with van der Waals surface area (Å²) in [5, 5.41) is 1.15. The van der Waals surface area contributed by atoms with Crippen LogP contribution in [-0.4, -0.2) is 4.98 Å². The van der Waals surface area contributed by atoms with Crippen molar-refractivity contribution in [2.75, 3.05) is 0 Å². The van der Waals surface area contributed by atoms with Gasteiger partial charge in [0.05, 0.1) is 0 Å². The van der Waals surface area contributed by atoms with E-state index in [1.807, 2.05) is 19.1 Å². The van der Waals surface area contributed by atoms with Crippen molar-refractivity contribution in [2.24, 2.45) is 0 Å². The largest absolute Gasteiger partial charge is 0.233 e. The van der Waals surface area contributed by atoms with Gasteiger partial charge in [0.15, 0.2) is 5.82 Å². The minimum absolute atomic E-state index is 0.288. The third kappa shape index (κ3) is 1.36. The minimum Gasteiger partial charge on any atom is -0.233 e. The number of halogens is 2. The maximum absolute atomic E-state index is 13.6. The quantitative estimate of drug-likeness (QED) is 0.604. The number of aryl methyl sites for hydroxylation is 2. The predicted molar refractivity (Wildman–Crippen MR) is 56.2 cm³/mol. The second kappa shape index (κ2) is 3.21. The minimum atomic E-state index is -0.288. The van der Waals surface area contributed by atoms with Crippen LogP contribution in [0.15, 0.2) is 18.2 Å². The highest BCUT2D eigenvalue weighted by atomic mass is 35.5. The van der Waals surface area contributed by atoms with Crippen molar-refractivity contribution in [1.82, 2.24) is 4.98 Å². The fraction of sp³-hybridized carbons (Fsp3) is 0.182. The molecule has 0 fully saturated rings. The predicted octanol–water partition coefficient (Wildman–Crippen LogP) is 3.64. The molecule has 2 rings (SSSR count). The Bertz CT molecular complexity index is 508. The highest BCUT2D eigenvalue weighted by Crippen LogP contribution is 2.23. The van der Waals surface area contributed by atoms with Crippen molar-refractivity contribution in [3.8, 4) is 0 Å². The number of benzene rings is 1. The molecule has 0 aliphatic rings. The molecule has 0 radical (unpaired) electrons. The fourth-order valence-corrected chi connectivity index (χ4v) is 1.53. The lowest BCUT2D eigenvalue weighted by Gasteiger charge is -2.04. The number of pyridine rings is 1. The molecule has 0 atom stereocenters. The lowest BCUT2D eigenvalue weighted by molar-refractivity contribution is 0.627. The van der Waals surface area contributed by atoms with E-state index in [1.54, 1.807) is 13.0 Å². The Morgan fingerprint density at radius 1 is 1.21 bits per heavy atom. The summed E-state index contributed by atoms with van der Waals surface area (Å²) in [7, 11) is 0. The summed E-state index contributed by atoms with van der Waals surface area (Å²) in [6.45, 7) is 3.57. The molecule has 0 saturated carbocycles. The smallest absolute Gasteiger partial charge is 0.152 e. The zero-order valence-corrected chi connectivity index (χ0v) is 8.69. The lowest BCUT2D eigenvalue weighted by Crippen LogP contribution is -1.90. The number of hydrogen-bond donors (Lipinski definition) is 0. The highest BCUT2D eigenvalue weighted by Gasteiger charge is 2.07. The molecular weight excluding hydrogens is 201 g/mol. The third-order valence-corrected chi connectivity index (χ3v) is 2.63. The average molecular weight is 210 g/mol. The van der Waals surface area contributed by atoms with Crippen LogP contribution in [-0.2, 0) is 0 Å². The fourth-order valence-electron chi connectivity index (χ4n) is 1.39. The molecule has 1 heterocycles. The summed E-state index contributed by atoms with van der Waals surface area (Å²) in [4.78, 5) is 4.03. The van der Waals surface area contributed by atoms with E-state index >= 15 is 0 Å². The van der Waals surface area contributed by atoms with Gasteiger partial charge in [0.1, 0.15) is 10.7 Å². The maximum Gasteiger partial charge on any atom is 0.152 e. The first-order chi connectivity index (χ1) is 6.59. The topological polar surface area (TPSA) is 12.9 Å². The molecular formula is C11H9ClFN. The first-order valence-corrected chi connectivity index (χ1v) is 4.69. The molecule has 0 bridgehead atoms. The van der Waals surface area contributed by atoms with Gasteiger partial charge in [0.25, 0.3) is 0 Å². The normalized spacial score (nSPS) is 10.9. The van der Waals surface area contributed by atoms with Gasteiger partial charge >= 0.3 is 0 Å². The first kappa shape index (κ1) is 9.41. The zero-order valence-electron chi connectivity index (χ0n) is 7.94. The molecule has 1 aromatic heterocycles. The molecule has 1 nitrogen and oxygen atoms in total. The molecule has 0 N–H and O–H groups in total. The third-order valence-electron chi connectivity index (χ3n) is 2.25. The van der Waals surface area contributed by atoms with Gasteiger partial charge in [-0.25, -0.2) is 9.37 Å². The monoisotopic (exact) mass is 209 g/mol. The molecule has 14 heavy (non-hydrogen) atoms. The number of fused-ring (bicyclic) bond motifs is 1. The van der Waals surface area contributed by atoms with Crippen LogP contribution >= 0.6 is 11.6 Å². The number of rotatable bonds is 0. The van der Waals surface area contributed by atoms with Gasteiger partial charge in [-0.2, -0.15) is 0 Å². The summed E-state index contributed by atoms with van der Waals surface area (Å²) < 4.78 is 13.6. The number of nitrogens with zero attached hydrogens (tertiary/aromatic N) is 1.